The molecule has 0 aliphatic heterocycles. The summed E-state index contributed by atoms with van der Waals surface area (Å²) in [6.45, 7) is 14.3. The Morgan fingerprint density at radius 1 is 0.605 bits per heavy atom. The van der Waals surface area contributed by atoms with E-state index >= 15 is 0 Å². The van der Waals surface area contributed by atoms with Gasteiger partial charge in [-0.3, -0.25) is 0 Å². The van der Waals surface area contributed by atoms with Crippen molar-refractivity contribution in [2.75, 3.05) is 6.61 Å². The smallest absolute Gasteiger partial charge is 0.134 e. The van der Waals surface area contributed by atoms with Gasteiger partial charge in [0.25, 0.3) is 0 Å². The first-order valence-corrected chi connectivity index (χ1v) is 14.4. The lowest BCUT2D eigenvalue weighted by atomic mass is 9.86. The Kier molecular flexibility index (Phi) is 11.7. The second-order valence-electron chi connectivity index (χ2n) is 10.9. The van der Waals surface area contributed by atoms with Crippen molar-refractivity contribution in [3.63, 3.8) is 0 Å². The highest BCUT2D eigenvalue weighted by molar-refractivity contribution is 5.82. The van der Waals surface area contributed by atoms with Crippen LogP contribution in [0.4, 0.5) is 0 Å². The van der Waals surface area contributed by atoms with E-state index in [1.54, 1.807) is 0 Å². The van der Waals surface area contributed by atoms with Gasteiger partial charge in [0.05, 0.1) is 6.61 Å². The molecule has 0 spiro atoms. The van der Waals surface area contributed by atoms with Crippen LogP contribution < -0.4 is 4.74 Å². The molecule has 0 radical (unpaired) electrons. The van der Waals surface area contributed by atoms with E-state index in [-0.39, 0.29) is 0 Å². The van der Waals surface area contributed by atoms with E-state index in [0.717, 1.165) is 41.7 Å². The second-order valence-corrected chi connectivity index (χ2v) is 10.9. The third-order valence-electron chi connectivity index (χ3n) is 6.93. The Morgan fingerprint density at radius 3 is 1.55 bits per heavy atom. The summed E-state index contributed by atoms with van der Waals surface area (Å²) in [5.41, 5.74) is 7.64. The SMILES string of the molecule is CCC(c1ccc(CC(C)C)cc1)C(C)C.CCCOc1c(-c2ccccc2)cccc1-c1ccccc1. The maximum Gasteiger partial charge on any atom is 0.134 e. The molecule has 0 aliphatic rings. The van der Waals surface area contributed by atoms with Gasteiger partial charge < -0.3 is 4.74 Å². The maximum absolute atomic E-state index is 6.13. The molecule has 1 atom stereocenters. The predicted molar refractivity (Wildman–Crippen MR) is 166 cm³/mol. The standard InChI is InChI=1S/C21H20O.C16H26/c1-2-16-22-21-19(17-10-5-3-6-11-17)14-9-15-20(21)18-12-7-4-8-13-18;1-6-16(13(4)5)15-9-7-14(8-10-15)11-12(2)3/h3-15H,2,16H2,1H3;7-10,12-13,16H,6,11H2,1-5H3. The molecule has 200 valence electrons. The van der Waals surface area contributed by atoms with Crippen LogP contribution in [0.3, 0.4) is 0 Å². The molecule has 0 aromatic heterocycles. The lowest BCUT2D eigenvalue weighted by Crippen LogP contribution is -2.05. The van der Waals surface area contributed by atoms with Crippen LogP contribution in [0.15, 0.2) is 103 Å². The molecule has 0 N–H and O–H groups in total. The second kappa shape index (κ2) is 15.2. The molecule has 4 rings (SSSR count). The van der Waals surface area contributed by atoms with Crippen LogP contribution in [0.25, 0.3) is 22.3 Å². The Hall–Kier alpha value is -3.32. The molecule has 0 fully saturated rings. The summed E-state index contributed by atoms with van der Waals surface area (Å²) in [7, 11) is 0. The van der Waals surface area contributed by atoms with Crippen LogP contribution in [0.2, 0.25) is 0 Å². The van der Waals surface area contributed by atoms with Crippen molar-refractivity contribution in [2.45, 2.75) is 66.7 Å². The fourth-order valence-corrected chi connectivity index (χ4v) is 5.05. The van der Waals surface area contributed by atoms with Gasteiger partial charge in [0.2, 0.25) is 0 Å². The summed E-state index contributed by atoms with van der Waals surface area (Å²) in [6.07, 6.45) is 3.43. The van der Waals surface area contributed by atoms with Crippen LogP contribution in [-0.4, -0.2) is 6.61 Å². The number of hydrogen-bond acceptors (Lipinski definition) is 1. The van der Waals surface area contributed by atoms with Crippen LogP contribution in [-0.2, 0) is 6.42 Å². The zero-order valence-corrected chi connectivity index (χ0v) is 24.3. The van der Waals surface area contributed by atoms with Crippen molar-refractivity contribution < 1.29 is 4.74 Å². The first-order valence-electron chi connectivity index (χ1n) is 14.4. The number of hydrogen-bond donors (Lipinski definition) is 0. The van der Waals surface area contributed by atoms with Gasteiger partial charge in [0.15, 0.2) is 0 Å². The molecular formula is C37H46O. The number of ether oxygens (including phenoxy) is 1. The van der Waals surface area contributed by atoms with Crippen molar-refractivity contribution in [1.82, 2.24) is 0 Å². The minimum Gasteiger partial charge on any atom is -0.492 e. The number of para-hydroxylation sites is 1. The highest BCUT2D eigenvalue weighted by Crippen LogP contribution is 2.39. The van der Waals surface area contributed by atoms with Gasteiger partial charge in [-0.2, -0.15) is 0 Å². The van der Waals surface area contributed by atoms with Gasteiger partial charge in [0.1, 0.15) is 5.75 Å². The molecule has 1 nitrogen and oxygen atoms in total. The summed E-state index contributed by atoms with van der Waals surface area (Å²) < 4.78 is 6.13. The first-order chi connectivity index (χ1) is 18.4. The monoisotopic (exact) mass is 506 g/mol. The molecule has 1 unspecified atom stereocenters. The largest absolute Gasteiger partial charge is 0.492 e. The van der Waals surface area contributed by atoms with Crippen molar-refractivity contribution >= 4 is 0 Å². The molecule has 0 bridgehead atoms. The van der Waals surface area contributed by atoms with Gasteiger partial charge >= 0.3 is 0 Å². The molecule has 4 aromatic carbocycles. The lowest BCUT2D eigenvalue weighted by molar-refractivity contribution is 0.320. The van der Waals surface area contributed by atoms with E-state index in [4.69, 9.17) is 4.74 Å². The minimum atomic E-state index is 0.716. The van der Waals surface area contributed by atoms with Crippen molar-refractivity contribution in [1.29, 1.82) is 0 Å². The van der Waals surface area contributed by atoms with E-state index in [1.165, 1.54) is 35.1 Å². The van der Waals surface area contributed by atoms with Gasteiger partial charge in [-0.15, -0.1) is 0 Å². The average Bonchev–Trinajstić information content (AvgIpc) is 2.94. The van der Waals surface area contributed by atoms with E-state index in [9.17, 15) is 0 Å². The van der Waals surface area contributed by atoms with Crippen molar-refractivity contribution in [2.24, 2.45) is 11.8 Å². The summed E-state index contributed by atoms with van der Waals surface area (Å²) in [4.78, 5) is 0. The van der Waals surface area contributed by atoms with E-state index < -0.39 is 0 Å². The van der Waals surface area contributed by atoms with Crippen LogP contribution >= 0.6 is 0 Å². The highest BCUT2D eigenvalue weighted by Gasteiger charge is 2.14. The van der Waals surface area contributed by atoms with Gasteiger partial charge in [-0.1, -0.05) is 145 Å². The molecule has 0 saturated carbocycles. The topological polar surface area (TPSA) is 9.23 Å². The number of rotatable bonds is 10. The summed E-state index contributed by atoms with van der Waals surface area (Å²) in [5, 5.41) is 0. The Morgan fingerprint density at radius 2 is 1.13 bits per heavy atom. The first kappa shape index (κ1) is 29.2. The van der Waals surface area contributed by atoms with E-state index in [0.29, 0.717) is 5.92 Å². The minimum absolute atomic E-state index is 0.716. The van der Waals surface area contributed by atoms with Gasteiger partial charge in [0, 0.05) is 11.1 Å². The summed E-state index contributed by atoms with van der Waals surface area (Å²) in [6, 6.07) is 36.5. The summed E-state index contributed by atoms with van der Waals surface area (Å²) >= 11 is 0. The molecule has 0 saturated heterocycles. The molecule has 4 aromatic rings. The Bertz CT molecular complexity index is 1130. The zero-order valence-electron chi connectivity index (χ0n) is 24.3. The van der Waals surface area contributed by atoms with Crippen LogP contribution in [0.5, 0.6) is 5.75 Å². The van der Waals surface area contributed by atoms with Crippen molar-refractivity contribution in [3.8, 4) is 28.0 Å². The summed E-state index contributed by atoms with van der Waals surface area (Å²) in [5.74, 6) is 3.17. The molecule has 0 aliphatic carbocycles. The molecular weight excluding hydrogens is 460 g/mol. The molecule has 1 heteroatoms. The Labute approximate surface area is 231 Å². The quantitative estimate of drug-likeness (QED) is 0.208. The van der Waals surface area contributed by atoms with Gasteiger partial charge in [-0.05, 0) is 59.3 Å². The van der Waals surface area contributed by atoms with Crippen molar-refractivity contribution in [3.05, 3.63) is 114 Å². The predicted octanol–water partition coefficient (Wildman–Crippen LogP) is 10.8. The van der Waals surface area contributed by atoms with Gasteiger partial charge in [-0.25, -0.2) is 0 Å². The zero-order chi connectivity index (χ0) is 27.3. The fraction of sp³-hybridized carbons (Fsp3) is 0.351. The van der Waals surface area contributed by atoms with Crippen LogP contribution in [0, 0.1) is 11.8 Å². The molecule has 0 heterocycles. The van der Waals surface area contributed by atoms with E-state index in [2.05, 4.69) is 133 Å². The number of benzene rings is 4. The molecule has 0 amide bonds. The third-order valence-corrected chi connectivity index (χ3v) is 6.93. The van der Waals surface area contributed by atoms with Crippen LogP contribution in [0.1, 0.15) is 71.4 Å². The fourth-order valence-electron chi connectivity index (χ4n) is 5.05. The Balaban J connectivity index is 0.000000223. The maximum atomic E-state index is 6.13. The highest BCUT2D eigenvalue weighted by atomic mass is 16.5. The average molecular weight is 507 g/mol. The molecule has 38 heavy (non-hydrogen) atoms. The normalized spacial score (nSPS) is 11.7. The van der Waals surface area contributed by atoms with E-state index in [1.807, 2.05) is 12.1 Å². The lowest BCUT2D eigenvalue weighted by Gasteiger charge is -2.19. The third kappa shape index (κ3) is 8.35.